The standard InChI is InChI=1S/C9H13NOS/c1-9(2,10-6-12)7-4-3-5-8(7)11/h7H,3-5H2,1-2H3/t7-/m1/s1. The number of aliphatic imine (C=N–C) groups is 1. The summed E-state index contributed by atoms with van der Waals surface area (Å²) in [4.78, 5) is 15.4. The molecular weight excluding hydrogens is 170 g/mol. The minimum absolute atomic E-state index is 0.0629. The van der Waals surface area contributed by atoms with E-state index in [4.69, 9.17) is 0 Å². The highest BCUT2D eigenvalue weighted by atomic mass is 32.1. The zero-order valence-electron chi connectivity index (χ0n) is 7.46. The smallest absolute Gasteiger partial charge is 0.138 e. The summed E-state index contributed by atoms with van der Waals surface area (Å²) < 4.78 is 0. The van der Waals surface area contributed by atoms with Crippen LogP contribution < -0.4 is 0 Å². The maximum atomic E-state index is 11.4. The van der Waals surface area contributed by atoms with Crippen molar-refractivity contribution in [2.45, 2.75) is 38.6 Å². The zero-order valence-corrected chi connectivity index (χ0v) is 8.28. The van der Waals surface area contributed by atoms with E-state index in [0.717, 1.165) is 12.8 Å². The molecule has 1 fully saturated rings. The Kier molecular flexibility index (Phi) is 2.76. The van der Waals surface area contributed by atoms with Crippen LogP contribution >= 0.6 is 12.2 Å². The van der Waals surface area contributed by atoms with Crippen molar-refractivity contribution in [1.82, 2.24) is 0 Å². The molecule has 66 valence electrons. The molecule has 12 heavy (non-hydrogen) atoms. The Hall–Kier alpha value is -0.530. The van der Waals surface area contributed by atoms with Gasteiger partial charge in [0.25, 0.3) is 0 Å². The Bertz CT molecular complexity index is 241. The van der Waals surface area contributed by atoms with E-state index in [-0.39, 0.29) is 11.5 Å². The van der Waals surface area contributed by atoms with Crippen molar-refractivity contribution in [1.29, 1.82) is 0 Å². The van der Waals surface area contributed by atoms with Crippen LogP contribution in [0.1, 0.15) is 33.1 Å². The number of thiocarbonyl (C=S) groups is 1. The number of nitrogens with zero attached hydrogens (tertiary/aromatic N) is 1. The van der Waals surface area contributed by atoms with Gasteiger partial charge in [0.1, 0.15) is 5.78 Å². The van der Waals surface area contributed by atoms with Crippen LogP contribution in [0.2, 0.25) is 0 Å². The Labute approximate surface area is 78.1 Å². The topological polar surface area (TPSA) is 29.4 Å². The first-order valence-electron chi connectivity index (χ1n) is 4.19. The van der Waals surface area contributed by atoms with Gasteiger partial charge in [-0.15, -0.1) is 0 Å². The summed E-state index contributed by atoms with van der Waals surface area (Å²) in [5.74, 6) is 0.391. The van der Waals surface area contributed by atoms with E-state index in [2.05, 4.69) is 22.4 Å². The molecule has 0 N–H and O–H groups in total. The van der Waals surface area contributed by atoms with Crippen LogP contribution in [-0.2, 0) is 4.79 Å². The van der Waals surface area contributed by atoms with Gasteiger partial charge in [-0.05, 0) is 38.9 Å². The second-order valence-corrected chi connectivity index (χ2v) is 3.95. The van der Waals surface area contributed by atoms with E-state index in [1.54, 1.807) is 0 Å². The van der Waals surface area contributed by atoms with Gasteiger partial charge >= 0.3 is 0 Å². The summed E-state index contributed by atoms with van der Waals surface area (Å²) in [5, 5.41) is 2.36. The number of hydrogen-bond donors (Lipinski definition) is 0. The van der Waals surface area contributed by atoms with Crippen molar-refractivity contribution < 1.29 is 4.79 Å². The van der Waals surface area contributed by atoms with Crippen molar-refractivity contribution in [3.8, 4) is 0 Å². The predicted octanol–water partition coefficient (Wildman–Crippen LogP) is 2.24. The summed E-state index contributed by atoms with van der Waals surface area (Å²) >= 11 is 4.55. The maximum Gasteiger partial charge on any atom is 0.138 e. The van der Waals surface area contributed by atoms with E-state index < -0.39 is 0 Å². The molecule has 0 amide bonds. The summed E-state index contributed by atoms with van der Waals surface area (Å²) in [6.45, 7) is 3.89. The average molecular weight is 183 g/mol. The number of Topliss-reactive ketones (excluding diaryl/α,β-unsaturated/α-hetero) is 1. The molecule has 2 nitrogen and oxygen atoms in total. The third-order valence-electron chi connectivity index (χ3n) is 2.49. The van der Waals surface area contributed by atoms with Crippen molar-refractivity contribution in [3.63, 3.8) is 0 Å². The first-order chi connectivity index (χ1) is 5.58. The third-order valence-corrected chi connectivity index (χ3v) is 2.58. The first kappa shape index (κ1) is 9.56. The Morgan fingerprint density at radius 1 is 1.67 bits per heavy atom. The largest absolute Gasteiger partial charge is 0.299 e. The fraction of sp³-hybridized carbons (Fsp3) is 0.778. The number of hydrogen-bond acceptors (Lipinski definition) is 3. The van der Waals surface area contributed by atoms with E-state index in [9.17, 15) is 4.79 Å². The first-order valence-corrected chi connectivity index (χ1v) is 4.60. The van der Waals surface area contributed by atoms with Gasteiger partial charge in [0.2, 0.25) is 0 Å². The van der Waals surface area contributed by atoms with Crippen molar-refractivity contribution in [2.24, 2.45) is 10.9 Å². The summed E-state index contributed by atoms with van der Waals surface area (Å²) in [6.07, 6.45) is 2.66. The Morgan fingerprint density at radius 3 is 2.75 bits per heavy atom. The maximum absolute atomic E-state index is 11.4. The van der Waals surface area contributed by atoms with Crippen molar-refractivity contribution >= 4 is 23.2 Å². The van der Waals surface area contributed by atoms with E-state index in [1.807, 2.05) is 13.8 Å². The number of rotatable bonds is 2. The molecule has 0 radical (unpaired) electrons. The summed E-state index contributed by atoms with van der Waals surface area (Å²) in [6, 6.07) is 0. The lowest BCUT2D eigenvalue weighted by Gasteiger charge is -2.24. The Balaban J connectivity index is 2.80. The van der Waals surface area contributed by atoms with Gasteiger partial charge < -0.3 is 0 Å². The molecule has 0 bridgehead atoms. The predicted molar refractivity (Wildman–Crippen MR) is 51.5 cm³/mol. The van der Waals surface area contributed by atoms with Crippen molar-refractivity contribution in [2.75, 3.05) is 0 Å². The van der Waals surface area contributed by atoms with Crippen LogP contribution in [0.25, 0.3) is 0 Å². The molecule has 3 heteroatoms. The van der Waals surface area contributed by atoms with Crippen LogP contribution in [0, 0.1) is 5.92 Å². The van der Waals surface area contributed by atoms with Crippen LogP contribution in [0.3, 0.4) is 0 Å². The molecule has 0 unspecified atom stereocenters. The van der Waals surface area contributed by atoms with Gasteiger partial charge in [0.15, 0.2) is 0 Å². The number of carbonyl (C=O) groups excluding carboxylic acids is 1. The molecule has 1 rings (SSSR count). The molecule has 0 aromatic carbocycles. The van der Waals surface area contributed by atoms with Crippen LogP contribution in [-0.4, -0.2) is 16.5 Å². The monoisotopic (exact) mass is 183 g/mol. The van der Waals surface area contributed by atoms with Gasteiger partial charge in [0, 0.05) is 12.3 Å². The lowest BCUT2D eigenvalue weighted by Crippen LogP contribution is -2.31. The molecule has 1 saturated carbocycles. The van der Waals surface area contributed by atoms with Gasteiger partial charge in [0.05, 0.1) is 10.7 Å². The van der Waals surface area contributed by atoms with E-state index in [0.29, 0.717) is 12.2 Å². The lowest BCUT2D eigenvalue weighted by molar-refractivity contribution is -0.122. The van der Waals surface area contributed by atoms with Gasteiger partial charge in [-0.25, -0.2) is 4.99 Å². The highest BCUT2D eigenvalue weighted by molar-refractivity contribution is 7.78. The molecule has 0 aliphatic heterocycles. The summed E-state index contributed by atoms with van der Waals surface area (Å²) in [5.41, 5.74) is -0.338. The lowest BCUT2D eigenvalue weighted by atomic mass is 9.86. The molecule has 0 spiro atoms. The minimum atomic E-state index is -0.338. The quantitative estimate of drug-likeness (QED) is 0.485. The number of ketones is 1. The molecule has 0 aromatic heterocycles. The van der Waals surface area contributed by atoms with Gasteiger partial charge in [-0.3, -0.25) is 4.79 Å². The SMILES string of the molecule is CC(C)(N=C=S)[C@@H]1CCCC1=O. The highest BCUT2D eigenvalue weighted by Crippen LogP contribution is 2.33. The zero-order chi connectivity index (χ0) is 9.19. The second-order valence-electron chi connectivity index (χ2n) is 3.77. The van der Waals surface area contributed by atoms with Crippen molar-refractivity contribution in [3.05, 3.63) is 0 Å². The van der Waals surface area contributed by atoms with Crippen LogP contribution in [0.15, 0.2) is 4.99 Å². The number of isothiocyanates is 1. The molecule has 0 heterocycles. The average Bonchev–Trinajstić information content (AvgIpc) is 2.35. The second kappa shape index (κ2) is 3.46. The third kappa shape index (κ3) is 1.79. The Morgan fingerprint density at radius 2 is 2.33 bits per heavy atom. The molecule has 1 aliphatic carbocycles. The van der Waals surface area contributed by atoms with Crippen LogP contribution in [0.5, 0.6) is 0 Å². The minimum Gasteiger partial charge on any atom is -0.299 e. The molecule has 0 aromatic rings. The van der Waals surface area contributed by atoms with Gasteiger partial charge in [-0.2, -0.15) is 0 Å². The van der Waals surface area contributed by atoms with Crippen LogP contribution in [0.4, 0.5) is 0 Å². The molecule has 1 aliphatic rings. The molecule has 0 saturated heterocycles. The van der Waals surface area contributed by atoms with Gasteiger partial charge in [-0.1, -0.05) is 0 Å². The fourth-order valence-electron chi connectivity index (χ4n) is 1.76. The molecule has 1 atom stereocenters. The van der Waals surface area contributed by atoms with E-state index in [1.165, 1.54) is 0 Å². The fourth-order valence-corrected chi connectivity index (χ4v) is 1.99. The van der Waals surface area contributed by atoms with E-state index >= 15 is 0 Å². The summed E-state index contributed by atoms with van der Waals surface area (Å²) in [7, 11) is 0. The molecular formula is C9H13NOS. The highest BCUT2D eigenvalue weighted by Gasteiger charge is 2.37. The number of carbonyl (C=O) groups is 1. The normalized spacial score (nSPS) is 23.8.